The Labute approximate surface area is 222 Å². The third-order valence-electron chi connectivity index (χ3n) is 4.86. The first-order valence-electron chi connectivity index (χ1n) is 12.1. The first-order valence-corrected chi connectivity index (χ1v) is 12.1. The number of hydrogen-bond donors (Lipinski definition) is 2. The van der Waals surface area contributed by atoms with Gasteiger partial charge in [-0.15, -0.1) is 0 Å². The molecule has 7 heteroatoms. The van der Waals surface area contributed by atoms with Crippen LogP contribution in [0, 0.1) is 0 Å². The number of ether oxygens (including phenoxy) is 1. The number of unbranched alkanes of at least 4 members (excludes halogenated alkanes) is 15. The van der Waals surface area contributed by atoms with Crippen molar-refractivity contribution in [2.45, 2.75) is 129 Å². The predicted molar refractivity (Wildman–Crippen MR) is 121 cm³/mol. The van der Waals surface area contributed by atoms with E-state index in [9.17, 15) is 9.59 Å². The minimum atomic E-state index is -0.897. The Morgan fingerprint density at radius 3 is 1.23 bits per heavy atom. The van der Waals surface area contributed by atoms with E-state index in [0.29, 0.717) is 13.0 Å². The standard InChI is InChI=1S/C18H36O2.C6H12O3.2Ag/c1-2-3-4-5-6-7-8-9-10-11-12-13-14-15-16-17-18(19)20;1-2-3-4-9-5-6(7)8;;/h2-17H2,1H3,(H,19,20);2-5H2,1H3,(H,7,8);;. The van der Waals surface area contributed by atoms with Crippen LogP contribution in [0.4, 0.5) is 0 Å². The SMILES string of the molecule is CCCCCCCCCCCCCCCCCC(=O)O.CCCCOCC(=O)O.[Ag].[Ag]. The maximum atomic E-state index is 10.3. The van der Waals surface area contributed by atoms with Crippen molar-refractivity contribution in [1.82, 2.24) is 0 Å². The Kier molecular flexibility index (Phi) is 43.6. The van der Waals surface area contributed by atoms with Gasteiger partial charge < -0.3 is 14.9 Å². The van der Waals surface area contributed by atoms with Crippen molar-refractivity contribution >= 4 is 11.9 Å². The third-order valence-corrected chi connectivity index (χ3v) is 4.86. The summed E-state index contributed by atoms with van der Waals surface area (Å²) in [5.74, 6) is -1.55. The van der Waals surface area contributed by atoms with Gasteiger partial charge in [0.05, 0.1) is 0 Å². The summed E-state index contributed by atoms with van der Waals surface area (Å²) < 4.78 is 4.74. The molecule has 0 aliphatic heterocycles. The molecule has 0 fully saturated rings. The molecular weight excluding hydrogens is 584 g/mol. The molecule has 0 aromatic rings. The summed E-state index contributed by atoms with van der Waals surface area (Å²) in [5, 5.41) is 16.6. The maximum Gasteiger partial charge on any atom is 0.329 e. The average molecular weight is 632 g/mol. The van der Waals surface area contributed by atoms with Crippen molar-refractivity contribution < 1.29 is 69.3 Å². The molecule has 0 amide bonds. The molecule has 0 aliphatic rings. The summed E-state index contributed by atoms with van der Waals surface area (Å²) in [6.45, 7) is 4.69. The monoisotopic (exact) mass is 630 g/mol. The van der Waals surface area contributed by atoms with Gasteiger partial charge in [-0.25, -0.2) is 4.79 Å². The second-order valence-corrected chi connectivity index (χ2v) is 7.89. The van der Waals surface area contributed by atoms with Crippen molar-refractivity contribution in [3.63, 3.8) is 0 Å². The zero-order chi connectivity index (χ0) is 22.0. The van der Waals surface area contributed by atoms with Crippen LogP contribution in [0.25, 0.3) is 0 Å². The molecule has 0 atom stereocenters. The van der Waals surface area contributed by atoms with E-state index in [1.54, 1.807) is 0 Å². The molecule has 196 valence electrons. The minimum Gasteiger partial charge on any atom is -0.481 e. The third kappa shape index (κ3) is 44.8. The molecule has 5 nitrogen and oxygen atoms in total. The molecular formula is C24H48Ag2O5. The van der Waals surface area contributed by atoms with E-state index in [1.807, 2.05) is 6.92 Å². The fourth-order valence-corrected chi connectivity index (χ4v) is 3.05. The summed E-state index contributed by atoms with van der Waals surface area (Å²) in [7, 11) is 0. The van der Waals surface area contributed by atoms with E-state index in [-0.39, 0.29) is 51.4 Å². The predicted octanol–water partition coefficient (Wildman–Crippen LogP) is 7.22. The topological polar surface area (TPSA) is 83.8 Å². The molecule has 0 aliphatic carbocycles. The number of aliphatic carboxylic acids is 2. The van der Waals surface area contributed by atoms with Crippen molar-refractivity contribution in [2.24, 2.45) is 0 Å². The second kappa shape index (κ2) is 35.0. The summed E-state index contributed by atoms with van der Waals surface area (Å²) in [6.07, 6.45) is 22.2. The van der Waals surface area contributed by atoms with Crippen LogP contribution < -0.4 is 0 Å². The normalized spacial score (nSPS) is 9.74. The Bertz CT molecular complexity index is 355. The number of carbonyl (C=O) groups is 2. The molecule has 0 saturated heterocycles. The Morgan fingerprint density at radius 2 is 0.903 bits per heavy atom. The van der Waals surface area contributed by atoms with Crippen LogP contribution in [-0.4, -0.2) is 35.4 Å². The summed E-state index contributed by atoms with van der Waals surface area (Å²) in [6, 6.07) is 0. The van der Waals surface area contributed by atoms with Crippen molar-refractivity contribution in [3.8, 4) is 0 Å². The molecule has 0 rings (SSSR count). The zero-order valence-electron chi connectivity index (χ0n) is 19.9. The number of carboxylic acids is 2. The fourth-order valence-electron chi connectivity index (χ4n) is 3.05. The van der Waals surface area contributed by atoms with Gasteiger partial charge in [-0.3, -0.25) is 4.79 Å². The molecule has 31 heavy (non-hydrogen) atoms. The Morgan fingerprint density at radius 1 is 0.548 bits per heavy atom. The van der Waals surface area contributed by atoms with Gasteiger partial charge in [-0.2, -0.15) is 0 Å². The van der Waals surface area contributed by atoms with Crippen LogP contribution in [0.3, 0.4) is 0 Å². The molecule has 0 saturated carbocycles. The van der Waals surface area contributed by atoms with Crippen LogP contribution in [0.2, 0.25) is 0 Å². The van der Waals surface area contributed by atoms with E-state index in [1.165, 1.54) is 83.5 Å². The van der Waals surface area contributed by atoms with Crippen molar-refractivity contribution in [2.75, 3.05) is 13.2 Å². The van der Waals surface area contributed by atoms with Gasteiger partial charge in [0.1, 0.15) is 6.61 Å². The molecule has 0 unspecified atom stereocenters. The van der Waals surface area contributed by atoms with E-state index in [2.05, 4.69) is 6.92 Å². The van der Waals surface area contributed by atoms with E-state index < -0.39 is 11.9 Å². The van der Waals surface area contributed by atoms with Crippen LogP contribution in [-0.2, 0) is 59.1 Å². The molecule has 0 bridgehead atoms. The molecule has 0 heterocycles. The summed E-state index contributed by atoms with van der Waals surface area (Å²) >= 11 is 0. The van der Waals surface area contributed by atoms with E-state index >= 15 is 0 Å². The molecule has 2 radical (unpaired) electrons. The smallest absolute Gasteiger partial charge is 0.329 e. The van der Waals surface area contributed by atoms with Crippen LogP contribution in [0.1, 0.15) is 129 Å². The molecule has 0 spiro atoms. The van der Waals surface area contributed by atoms with Gasteiger partial charge in [0.15, 0.2) is 0 Å². The number of rotatable bonds is 21. The van der Waals surface area contributed by atoms with Crippen molar-refractivity contribution in [1.29, 1.82) is 0 Å². The second-order valence-electron chi connectivity index (χ2n) is 7.89. The van der Waals surface area contributed by atoms with E-state index in [0.717, 1.165) is 25.7 Å². The Hall–Kier alpha value is 0.381. The maximum absolute atomic E-state index is 10.3. The van der Waals surface area contributed by atoms with Gasteiger partial charge in [-0.05, 0) is 12.8 Å². The van der Waals surface area contributed by atoms with Crippen molar-refractivity contribution in [3.05, 3.63) is 0 Å². The quantitative estimate of drug-likeness (QED) is 0.103. The van der Waals surface area contributed by atoms with Crippen LogP contribution in [0.5, 0.6) is 0 Å². The number of hydrogen-bond acceptors (Lipinski definition) is 3. The zero-order valence-corrected chi connectivity index (χ0v) is 22.8. The van der Waals surface area contributed by atoms with Gasteiger partial charge in [0.2, 0.25) is 0 Å². The summed E-state index contributed by atoms with van der Waals surface area (Å²) in [4.78, 5) is 20.2. The molecule has 2 N–H and O–H groups in total. The average Bonchev–Trinajstić information content (AvgIpc) is 2.68. The van der Waals surface area contributed by atoms with Gasteiger partial charge in [0.25, 0.3) is 0 Å². The molecule has 0 aromatic carbocycles. The van der Waals surface area contributed by atoms with E-state index in [4.69, 9.17) is 14.9 Å². The first-order chi connectivity index (χ1) is 14.0. The Balaban J connectivity index is -0.000000282. The largest absolute Gasteiger partial charge is 0.481 e. The van der Waals surface area contributed by atoms with Crippen LogP contribution in [0.15, 0.2) is 0 Å². The van der Waals surface area contributed by atoms with Crippen LogP contribution >= 0.6 is 0 Å². The molecule has 0 aromatic heterocycles. The van der Waals surface area contributed by atoms with Gasteiger partial charge >= 0.3 is 11.9 Å². The van der Waals surface area contributed by atoms with Gasteiger partial charge in [0, 0.05) is 57.8 Å². The fraction of sp³-hybridized carbons (Fsp3) is 0.917. The number of carboxylic acid groups (broad SMARTS) is 2. The van der Waals surface area contributed by atoms with Gasteiger partial charge in [-0.1, -0.05) is 110 Å². The first kappa shape index (κ1) is 38.6. The minimum absolute atomic E-state index is 0. The summed E-state index contributed by atoms with van der Waals surface area (Å²) in [5.41, 5.74) is 0.